The Hall–Kier alpha value is -1.33. The molecular weight excluding hydrogens is 244 g/mol. The molecular formula is C11H13ClN2O3. The summed E-state index contributed by atoms with van der Waals surface area (Å²) < 4.78 is 0. The van der Waals surface area contributed by atoms with Crippen molar-refractivity contribution in [2.45, 2.75) is 18.9 Å². The van der Waals surface area contributed by atoms with E-state index in [0.717, 1.165) is 0 Å². The van der Waals surface area contributed by atoms with Crippen LogP contribution in [-0.4, -0.2) is 40.4 Å². The number of hydrogen-bond acceptors (Lipinski definition) is 4. The summed E-state index contributed by atoms with van der Waals surface area (Å²) in [7, 11) is 0. The Balaban J connectivity index is 2.21. The lowest BCUT2D eigenvalue weighted by Crippen LogP contribution is -2.36. The Morgan fingerprint density at radius 1 is 1.41 bits per heavy atom. The van der Waals surface area contributed by atoms with Gasteiger partial charge in [0.15, 0.2) is 5.69 Å². The summed E-state index contributed by atoms with van der Waals surface area (Å²) in [6.07, 6.45) is 1.08. The lowest BCUT2D eigenvalue weighted by atomic mass is 10.1. The van der Waals surface area contributed by atoms with Crippen molar-refractivity contribution in [1.29, 1.82) is 0 Å². The molecule has 0 radical (unpaired) electrons. The molecule has 1 aromatic heterocycles. The normalized spacial score (nSPS) is 17.2. The van der Waals surface area contributed by atoms with E-state index in [0.29, 0.717) is 31.7 Å². The second kappa shape index (κ2) is 4.89. The first-order chi connectivity index (χ1) is 8.08. The molecule has 1 fully saturated rings. The second-order valence-electron chi connectivity index (χ2n) is 4.02. The molecule has 2 rings (SSSR count). The van der Waals surface area contributed by atoms with Crippen LogP contribution >= 0.6 is 11.6 Å². The minimum Gasteiger partial charge on any atom is -0.476 e. The minimum atomic E-state index is -1.13. The molecule has 0 unspecified atom stereocenters. The van der Waals surface area contributed by atoms with Crippen LogP contribution in [0.3, 0.4) is 0 Å². The van der Waals surface area contributed by atoms with Gasteiger partial charge >= 0.3 is 5.97 Å². The van der Waals surface area contributed by atoms with E-state index in [-0.39, 0.29) is 16.8 Å². The number of aromatic carboxylic acids is 1. The monoisotopic (exact) mass is 256 g/mol. The van der Waals surface area contributed by atoms with E-state index >= 15 is 0 Å². The first-order valence-electron chi connectivity index (χ1n) is 5.41. The largest absolute Gasteiger partial charge is 0.476 e. The molecule has 6 heteroatoms. The van der Waals surface area contributed by atoms with Gasteiger partial charge in [-0.1, -0.05) is 11.6 Å². The van der Waals surface area contributed by atoms with Gasteiger partial charge in [0.1, 0.15) is 5.82 Å². The number of aliphatic hydroxyl groups is 1. The second-order valence-corrected chi connectivity index (χ2v) is 4.43. The maximum absolute atomic E-state index is 10.9. The molecule has 1 aliphatic rings. The number of aromatic nitrogens is 1. The van der Waals surface area contributed by atoms with Gasteiger partial charge in [0.2, 0.25) is 0 Å². The van der Waals surface area contributed by atoms with Gasteiger partial charge in [0.25, 0.3) is 0 Å². The summed E-state index contributed by atoms with van der Waals surface area (Å²) in [4.78, 5) is 16.9. The summed E-state index contributed by atoms with van der Waals surface area (Å²) >= 11 is 5.75. The van der Waals surface area contributed by atoms with Crippen LogP contribution in [0.15, 0.2) is 12.1 Å². The highest BCUT2D eigenvalue weighted by atomic mass is 35.5. The van der Waals surface area contributed by atoms with Gasteiger partial charge in [0.05, 0.1) is 11.1 Å². The van der Waals surface area contributed by atoms with E-state index in [1.165, 1.54) is 0 Å². The first-order valence-corrected chi connectivity index (χ1v) is 5.78. The Bertz CT molecular complexity index is 431. The molecule has 2 N–H and O–H groups in total. The van der Waals surface area contributed by atoms with E-state index in [4.69, 9.17) is 16.7 Å². The zero-order valence-electron chi connectivity index (χ0n) is 9.14. The zero-order valence-corrected chi connectivity index (χ0v) is 9.89. The number of carbonyl (C=O) groups is 1. The SMILES string of the molecule is O=C(O)c1nc(N2CCC(O)CC2)ccc1Cl. The molecule has 0 amide bonds. The van der Waals surface area contributed by atoms with Crippen LogP contribution in [-0.2, 0) is 0 Å². The third kappa shape index (κ3) is 2.68. The molecule has 92 valence electrons. The predicted octanol–water partition coefficient (Wildman–Crippen LogP) is 1.39. The molecule has 0 bridgehead atoms. The van der Waals surface area contributed by atoms with Crippen LogP contribution in [0.1, 0.15) is 23.3 Å². The topological polar surface area (TPSA) is 73.7 Å². The van der Waals surface area contributed by atoms with E-state index in [9.17, 15) is 9.90 Å². The molecule has 2 heterocycles. The maximum atomic E-state index is 10.9. The van der Waals surface area contributed by atoms with Crippen molar-refractivity contribution in [3.05, 3.63) is 22.8 Å². The molecule has 0 aliphatic carbocycles. The Morgan fingerprint density at radius 3 is 2.65 bits per heavy atom. The summed E-state index contributed by atoms with van der Waals surface area (Å²) in [5.41, 5.74) is -0.129. The van der Waals surface area contributed by atoms with Crippen LogP contribution in [0, 0.1) is 0 Å². The van der Waals surface area contributed by atoms with Crippen LogP contribution in [0.2, 0.25) is 5.02 Å². The van der Waals surface area contributed by atoms with Crippen molar-refractivity contribution in [2.75, 3.05) is 18.0 Å². The third-order valence-electron chi connectivity index (χ3n) is 2.82. The number of piperidine rings is 1. The van der Waals surface area contributed by atoms with Gasteiger partial charge in [-0.25, -0.2) is 9.78 Å². The summed E-state index contributed by atoms with van der Waals surface area (Å²) in [6, 6.07) is 3.24. The van der Waals surface area contributed by atoms with Crippen molar-refractivity contribution >= 4 is 23.4 Å². The Morgan fingerprint density at radius 2 is 2.06 bits per heavy atom. The van der Waals surface area contributed by atoms with Crippen molar-refractivity contribution in [1.82, 2.24) is 4.98 Å². The van der Waals surface area contributed by atoms with Crippen LogP contribution in [0.4, 0.5) is 5.82 Å². The van der Waals surface area contributed by atoms with E-state index in [1.807, 2.05) is 4.90 Å². The lowest BCUT2D eigenvalue weighted by molar-refractivity contribution is 0.0690. The van der Waals surface area contributed by atoms with Gasteiger partial charge in [-0.2, -0.15) is 0 Å². The molecule has 0 atom stereocenters. The van der Waals surface area contributed by atoms with Gasteiger partial charge in [-0.3, -0.25) is 0 Å². The number of carboxylic acid groups (broad SMARTS) is 1. The maximum Gasteiger partial charge on any atom is 0.356 e. The Labute approximate surface area is 104 Å². The number of halogens is 1. The quantitative estimate of drug-likeness (QED) is 0.837. The first kappa shape index (κ1) is 12.1. The predicted molar refractivity (Wildman–Crippen MR) is 63.7 cm³/mol. The van der Waals surface area contributed by atoms with Crippen LogP contribution in [0.5, 0.6) is 0 Å². The van der Waals surface area contributed by atoms with Gasteiger partial charge in [0, 0.05) is 13.1 Å². The molecule has 1 saturated heterocycles. The van der Waals surface area contributed by atoms with Crippen molar-refractivity contribution in [3.8, 4) is 0 Å². The number of pyridine rings is 1. The smallest absolute Gasteiger partial charge is 0.356 e. The number of aliphatic hydroxyl groups excluding tert-OH is 1. The summed E-state index contributed by atoms with van der Waals surface area (Å²) in [5, 5.41) is 18.5. The molecule has 1 aromatic rings. The van der Waals surface area contributed by atoms with Gasteiger partial charge in [-0.05, 0) is 25.0 Å². The summed E-state index contributed by atoms with van der Waals surface area (Å²) in [5.74, 6) is -0.535. The lowest BCUT2D eigenvalue weighted by Gasteiger charge is -2.30. The van der Waals surface area contributed by atoms with Crippen LogP contribution < -0.4 is 4.90 Å². The average Bonchev–Trinajstić information content (AvgIpc) is 2.30. The molecule has 17 heavy (non-hydrogen) atoms. The molecule has 0 spiro atoms. The van der Waals surface area contributed by atoms with Crippen molar-refractivity contribution in [2.24, 2.45) is 0 Å². The average molecular weight is 257 g/mol. The fourth-order valence-electron chi connectivity index (χ4n) is 1.85. The van der Waals surface area contributed by atoms with Crippen molar-refractivity contribution in [3.63, 3.8) is 0 Å². The van der Waals surface area contributed by atoms with Crippen molar-refractivity contribution < 1.29 is 15.0 Å². The highest BCUT2D eigenvalue weighted by Crippen LogP contribution is 2.22. The third-order valence-corrected chi connectivity index (χ3v) is 3.13. The minimum absolute atomic E-state index is 0.129. The molecule has 1 aliphatic heterocycles. The van der Waals surface area contributed by atoms with E-state index in [2.05, 4.69) is 4.98 Å². The number of hydrogen-bond donors (Lipinski definition) is 2. The number of nitrogens with zero attached hydrogens (tertiary/aromatic N) is 2. The van der Waals surface area contributed by atoms with Crippen LogP contribution in [0.25, 0.3) is 0 Å². The van der Waals surface area contributed by atoms with Gasteiger partial charge in [-0.15, -0.1) is 0 Å². The molecule has 0 saturated carbocycles. The fourth-order valence-corrected chi connectivity index (χ4v) is 2.04. The van der Waals surface area contributed by atoms with Gasteiger partial charge < -0.3 is 15.1 Å². The highest BCUT2D eigenvalue weighted by molar-refractivity contribution is 6.33. The van der Waals surface area contributed by atoms with E-state index in [1.54, 1.807) is 12.1 Å². The molecule has 5 nitrogen and oxygen atoms in total. The number of rotatable bonds is 2. The standard InChI is InChI=1S/C11H13ClN2O3/c12-8-1-2-9(13-10(8)11(16)17)14-5-3-7(15)4-6-14/h1-2,7,15H,3-6H2,(H,16,17). The van der Waals surface area contributed by atoms with E-state index < -0.39 is 5.97 Å². The Kier molecular flexibility index (Phi) is 3.49. The zero-order chi connectivity index (χ0) is 12.4. The number of anilines is 1. The fraction of sp³-hybridized carbons (Fsp3) is 0.455. The number of carboxylic acids is 1. The highest BCUT2D eigenvalue weighted by Gasteiger charge is 2.20. The summed E-state index contributed by atoms with van der Waals surface area (Å²) in [6.45, 7) is 1.35. The molecule has 0 aromatic carbocycles.